The van der Waals surface area contributed by atoms with Crippen LogP contribution in [0.15, 0.2) is 42.6 Å². The molecule has 1 N–H and O–H groups in total. The fourth-order valence-electron chi connectivity index (χ4n) is 2.92. The molecule has 1 aromatic heterocycles. The molecule has 0 radical (unpaired) electrons. The monoisotopic (exact) mass is 419 g/mol. The van der Waals surface area contributed by atoms with Gasteiger partial charge in [-0.2, -0.15) is 0 Å². The first-order chi connectivity index (χ1) is 13.9. The minimum Gasteiger partial charge on any atom is -0.760 e. The van der Waals surface area contributed by atoms with Gasteiger partial charge in [-0.15, -0.1) is 0 Å². The predicted molar refractivity (Wildman–Crippen MR) is 103 cm³/mol. The van der Waals surface area contributed by atoms with Crippen molar-refractivity contribution in [2.24, 2.45) is 0 Å². The van der Waals surface area contributed by atoms with Gasteiger partial charge in [0.1, 0.15) is 5.75 Å². The molecule has 0 amide bonds. The molecule has 2 aromatic carbocycles. The van der Waals surface area contributed by atoms with Gasteiger partial charge in [-0.05, 0) is 54.8 Å². The van der Waals surface area contributed by atoms with E-state index in [1.165, 1.54) is 19.2 Å². The highest BCUT2D eigenvalue weighted by Crippen LogP contribution is 2.23. The molecule has 0 spiro atoms. The largest absolute Gasteiger partial charge is 0.760 e. The average molecular weight is 419 g/mol. The summed E-state index contributed by atoms with van der Waals surface area (Å²) in [4.78, 5) is 17.0. The molecule has 9 heteroatoms. The van der Waals surface area contributed by atoms with Crippen LogP contribution in [-0.4, -0.2) is 33.2 Å². The molecule has 1 heterocycles. The summed E-state index contributed by atoms with van der Waals surface area (Å²) in [7, 11) is 1.49. The molecule has 0 saturated carbocycles. The lowest BCUT2D eigenvalue weighted by atomic mass is 9.97. The molecule has 0 fully saturated rings. The number of pyridine rings is 1. The number of fused-ring (bicyclic) bond motifs is 1. The lowest BCUT2D eigenvalue weighted by molar-refractivity contribution is 0.103. The van der Waals surface area contributed by atoms with E-state index in [2.05, 4.69) is 9.71 Å². The van der Waals surface area contributed by atoms with Crippen molar-refractivity contribution in [3.8, 4) is 5.75 Å². The van der Waals surface area contributed by atoms with E-state index in [1.54, 1.807) is 24.4 Å². The van der Waals surface area contributed by atoms with Crippen molar-refractivity contribution in [1.29, 1.82) is 0 Å². The Hall–Kier alpha value is -2.75. The Balaban J connectivity index is 1.89. The van der Waals surface area contributed by atoms with Gasteiger partial charge >= 0.3 is 0 Å². The van der Waals surface area contributed by atoms with E-state index < -0.39 is 28.7 Å². The highest BCUT2D eigenvalue weighted by Gasteiger charge is 2.19. The van der Waals surface area contributed by atoms with Gasteiger partial charge in [-0.3, -0.25) is 14.0 Å². The highest BCUT2D eigenvalue weighted by molar-refractivity contribution is 7.77. The maximum atomic E-state index is 14.3. The number of aryl methyl sites for hydroxylation is 1. The van der Waals surface area contributed by atoms with Crippen LogP contribution in [0.2, 0.25) is 0 Å². The number of ketones is 1. The summed E-state index contributed by atoms with van der Waals surface area (Å²) < 4.78 is 56.6. The fourth-order valence-corrected chi connectivity index (χ4v) is 3.23. The van der Waals surface area contributed by atoms with E-state index >= 15 is 0 Å². The number of halogens is 2. The standard InChI is InChI=1S/C20H18F2N2O4S/c1-28-15-10-14-9-13(4-5-18(14)23-11-15)20(25)16-7-12(8-17(21)19(16)22)3-2-6-24-29(26)27/h4-5,7-11,24H,2-3,6H2,1H3,(H,26,27)/p-1. The molecule has 152 valence electrons. The topological polar surface area (TPSA) is 91.3 Å². The van der Waals surface area contributed by atoms with Crippen LogP contribution >= 0.6 is 0 Å². The van der Waals surface area contributed by atoms with Crippen molar-refractivity contribution >= 4 is 28.0 Å². The van der Waals surface area contributed by atoms with E-state index in [-0.39, 0.29) is 24.1 Å². The number of rotatable bonds is 8. The lowest BCUT2D eigenvalue weighted by Gasteiger charge is -2.10. The van der Waals surface area contributed by atoms with Gasteiger partial charge in [0.05, 0.1) is 24.4 Å². The van der Waals surface area contributed by atoms with Crippen LogP contribution < -0.4 is 9.46 Å². The molecular weight excluding hydrogens is 402 g/mol. The summed E-state index contributed by atoms with van der Waals surface area (Å²) in [5.74, 6) is -2.50. The summed E-state index contributed by atoms with van der Waals surface area (Å²) >= 11 is -2.38. The number of carbonyl (C=O) groups excluding carboxylic acids is 1. The smallest absolute Gasteiger partial charge is 0.196 e. The third kappa shape index (κ3) is 5.00. The summed E-state index contributed by atoms with van der Waals surface area (Å²) in [5, 5.41) is 0.629. The van der Waals surface area contributed by atoms with Crippen LogP contribution in [0.3, 0.4) is 0 Å². The average Bonchev–Trinajstić information content (AvgIpc) is 2.72. The molecule has 0 aliphatic heterocycles. The van der Waals surface area contributed by atoms with E-state index in [4.69, 9.17) is 4.74 Å². The van der Waals surface area contributed by atoms with Crippen molar-refractivity contribution in [2.45, 2.75) is 12.8 Å². The van der Waals surface area contributed by atoms with Crippen molar-refractivity contribution in [3.63, 3.8) is 0 Å². The zero-order valence-electron chi connectivity index (χ0n) is 15.4. The molecule has 3 aromatic rings. The van der Waals surface area contributed by atoms with Gasteiger partial charge in [0.25, 0.3) is 0 Å². The molecule has 1 atom stereocenters. The third-order valence-corrected chi connectivity index (χ3v) is 4.79. The van der Waals surface area contributed by atoms with E-state index in [1.807, 2.05) is 0 Å². The normalized spacial score (nSPS) is 12.1. The van der Waals surface area contributed by atoms with Gasteiger partial charge in [0.15, 0.2) is 17.4 Å². The summed E-state index contributed by atoms with van der Waals surface area (Å²) in [6.07, 6.45) is 2.19. The molecular formula is C20H17F2N2O4S-. The second-order valence-corrected chi connectivity index (χ2v) is 7.04. The Kier molecular flexibility index (Phi) is 6.63. The maximum absolute atomic E-state index is 14.3. The summed E-state index contributed by atoms with van der Waals surface area (Å²) in [5.41, 5.74) is 0.836. The SMILES string of the molecule is COc1cnc2ccc(C(=O)c3cc(CCCNS(=O)[O-])cc(F)c3F)cc2c1. The van der Waals surface area contributed by atoms with Crippen molar-refractivity contribution in [3.05, 3.63) is 70.9 Å². The Bertz CT molecular complexity index is 1090. The molecule has 0 bridgehead atoms. The van der Waals surface area contributed by atoms with Gasteiger partial charge in [-0.25, -0.2) is 13.5 Å². The summed E-state index contributed by atoms with van der Waals surface area (Å²) in [6, 6.07) is 8.67. The maximum Gasteiger partial charge on any atom is 0.196 e. The first kappa shape index (κ1) is 21.0. The van der Waals surface area contributed by atoms with Crippen LogP contribution in [0.25, 0.3) is 10.9 Å². The number of nitrogens with zero attached hydrogens (tertiary/aromatic N) is 1. The number of hydrogen-bond donors (Lipinski definition) is 1. The summed E-state index contributed by atoms with van der Waals surface area (Å²) in [6.45, 7) is 0.151. The number of hydrogen-bond acceptors (Lipinski definition) is 5. The van der Waals surface area contributed by atoms with E-state index in [9.17, 15) is 22.3 Å². The Morgan fingerprint density at radius 3 is 2.76 bits per heavy atom. The first-order valence-corrected chi connectivity index (χ1v) is 9.75. The van der Waals surface area contributed by atoms with Gasteiger partial charge in [0.2, 0.25) is 0 Å². The predicted octanol–water partition coefficient (Wildman–Crippen LogP) is 3.07. The fraction of sp³-hybridized carbons (Fsp3) is 0.200. The molecule has 0 saturated heterocycles. The number of aromatic nitrogens is 1. The number of ether oxygens (including phenoxy) is 1. The zero-order valence-corrected chi connectivity index (χ0v) is 16.2. The highest BCUT2D eigenvalue weighted by atomic mass is 32.2. The third-order valence-electron chi connectivity index (χ3n) is 4.35. The van der Waals surface area contributed by atoms with Gasteiger partial charge in [0, 0.05) is 28.8 Å². The van der Waals surface area contributed by atoms with Crippen molar-refractivity contribution in [2.75, 3.05) is 13.7 Å². The van der Waals surface area contributed by atoms with E-state index in [0.29, 0.717) is 28.6 Å². The Labute approximate surface area is 168 Å². The molecule has 29 heavy (non-hydrogen) atoms. The van der Waals surface area contributed by atoms with Crippen LogP contribution in [0, 0.1) is 11.6 Å². The van der Waals surface area contributed by atoms with Crippen molar-refractivity contribution < 1.29 is 27.1 Å². The minimum atomic E-state index is -2.38. The molecule has 6 nitrogen and oxygen atoms in total. The lowest BCUT2D eigenvalue weighted by Crippen LogP contribution is -2.18. The second-order valence-electron chi connectivity index (χ2n) is 6.28. The molecule has 3 rings (SSSR count). The number of methoxy groups -OCH3 is 1. The molecule has 1 unspecified atom stereocenters. The zero-order chi connectivity index (χ0) is 21.0. The second kappa shape index (κ2) is 9.17. The van der Waals surface area contributed by atoms with Crippen LogP contribution in [0.4, 0.5) is 8.78 Å². The Morgan fingerprint density at radius 1 is 1.24 bits per heavy atom. The molecule has 0 aliphatic carbocycles. The van der Waals surface area contributed by atoms with Crippen LogP contribution in [-0.2, 0) is 17.7 Å². The quantitative estimate of drug-likeness (QED) is 0.344. The number of nitrogens with one attached hydrogen (secondary N) is 1. The van der Waals surface area contributed by atoms with E-state index in [0.717, 1.165) is 6.07 Å². The first-order valence-electron chi connectivity index (χ1n) is 8.68. The van der Waals surface area contributed by atoms with Gasteiger partial charge in [-0.1, -0.05) is 0 Å². The van der Waals surface area contributed by atoms with Gasteiger partial charge < -0.3 is 9.29 Å². The van der Waals surface area contributed by atoms with Crippen molar-refractivity contribution in [1.82, 2.24) is 9.71 Å². The number of benzene rings is 2. The molecule has 0 aliphatic rings. The minimum absolute atomic E-state index is 0.151. The number of carbonyl (C=O) groups is 1. The Morgan fingerprint density at radius 2 is 2.03 bits per heavy atom. The van der Waals surface area contributed by atoms with Crippen LogP contribution in [0.1, 0.15) is 27.9 Å². The van der Waals surface area contributed by atoms with Crippen LogP contribution in [0.5, 0.6) is 5.75 Å².